The molecule has 0 aliphatic carbocycles. The Bertz CT molecular complexity index is 1030. The smallest absolute Gasteiger partial charge is 0.307 e. The first kappa shape index (κ1) is 22.8. The number of Topliss-reactive ketones (excluding diaryl/α,β-unsaturated/α-hetero) is 1. The molecule has 2 aromatic rings. The number of rotatable bonds is 8. The minimum atomic E-state index is -3.74. The number of hydrogen-bond acceptors (Lipinski definition) is 5. The lowest BCUT2D eigenvalue weighted by molar-refractivity contribution is -0.142. The zero-order chi connectivity index (χ0) is 21.9. The summed E-state index contributed by atoms with van der Waals surface area (Å²) in [5, 5.41) is 0. The largest absolute Gasteiger partial charge is 0.457 e. The molecule has 0 aliphatic rings. The number of carbonyl (C=O) groups excluding carboxylic acids is 2. The number of esters is 1. The van der Waals surface area contributed by atoms with E-state index in [2.05, 4.69) is 4.72 Å². The van der Waals surface area contributed by atoms with Gasteiger partial charge in [-0.1, -0.05) is 17.7 Å². The molecular weight excluding hydrogens is 392 g/mol. The number of nitrogens with one attached hydrogen (secondary N) is 1. The topological polar surface area (TPSA) is 94.5 Å². The van der Waals surface area contributed by atoms with Crippen LogP contribution in [0.1, 0.15) is 44.9 Å². The van der Waals surface area contributed by atoms with Crippen molar-refractivity contribution in [3.05, 3.63) is 51.8 Å². The Morgan fingerprint density at radius 3 is 2.14 bits per heavy atom. The summed E-state index contributed by atoms with van der Waals surface area (Å²) in [6.45, 7) is 8.62. The summed E-state index contributed by atoms with van der Waals surface area (Å²) in [7, 11) is -1.89. The van der Waals surface area contributed by atoms with Gasteiger partial charge in [0.05, 0.1) is 11.3 Å². The lowest BCUT2D eigenvalue weighted by atomic mass is 10.1. The van der Waals surface area contributed by atoms with E-state index in [1.54, 1.807) is 32.0 Å². The Hall–Kier alpha value is -2.45. The predicted molar refractivity (Wildman–Crippen MR) is 111 cm³/mol. The molecule has 7 nitrogen and oxygen atoms in total. The highest BCUT2D eigenvalue weighted by Gasteiger charge is 2.20. The molecule has 0 saturated carbocycles. The molecule has 0 radical (unpaired) electrons. The molecule has 0 spiro atoms. The van der Waals surface area contributed by atoms with Crippen molar-refractivity contribution in [3.63, 3.8) is 0 Å². The van der Waals surface area contributed by atoms with Gasteiger partial charge in [-0.15, -0.1) is 0 Å². The lowest BCUT2D eigenvalue weighted by Gasteiger charge is -2.13. The lowest BCUT2D eigenvalue weighted by Crippen LogP contribution is -2.28. The SMILES string of the molecule is Cc1cc(C)c(S(=O)(=O)NCCC(=O)OCC(=O)c2cc(C)n(C)c2C)c(C)c1. The van der Waals surface area contributed by atoms with E-state index < -0.39 is 16.0 Å². The fraction of sp³-hybridized carbons (Fsp3) is 0.429. The molecule has 1 aromatic heterocycles. The minimum Gasteiger partial charge on any atom is -0.457 e. The Balaban J connectivity index is 1.90. The molecule has 0 unspecified atom stereocenters. The molecule has 0 saturated heterocycles. The van der Waals surface area contributed by atoms with Crippen LogP contribution in [0.4, 0.5) is 0 Å². The van der Waals surface area contributed by atoms with Crippen molar-refractivity contribution in [1.82, 2.24) is 9.29 Å². The normalized spacial score (nSPS) is 11.5. The first-order valence-corrected chi connectivity index (χ1v) is 10.8. The average molecular weight is 421 g/mol. The third kappa shape index (κ3) is 5.33. The maximum atomic E-state index is 12.6. The van der Waals surface area contributed by atoms with Gasteiger partial charge in [0, 0.05) is 30.5 Å². The third-order valence-corrected chi connectivity index (χ3v) is 6.70. The number of aromatic nitrogens is 1. The Labute approximate surface area is 172 Å². The fourth-order valence-corrected chi connectivity index (χ4v) is 4.86. The van der Waals surface area contributed by atoms with Gasteiger partial charge in [0.2, 0.25) is 15.8 Å². The van der Waals surface area contributed by atoms with E-state index in [1.807, 2.05) is 32.4 Å². The van der Waals surface area contributed by atoms with E-state index in [1.165, 1.54) is 0 Å². The van der Waals surface area contributed by atoms with Crippen molar-refractivity contribution in [1.29, 1.82) is 0 Å². The van der Waals surface area contributed by atoms with Crippen LogP contribution in [0.2, 0.25) is 0 Å². The first-order valence-electron chi connectivity index (χ1n) is 9.33. The quantitative estimate of drug-likeness (QED) is 0.523. The second-order valence-electron chi connectivity index (χ2n) is 7.30. The van der Waals surface area contributed by atoms with Crippen molar-refractivity contribution in [2.75, 3.05) is 13.2 Å². The van der Waals surface area contributed by atoms with E-state index in [4.69, 9.17) is 4.74 Å². The number of sulfonamides is 1. The maximum absolute atomic E-state index is 12.6. The van der Waals surface area contributed by atoms with Gasteiger partial charge >= 0.3 is 5.97 Å². The number of aryl methyl sites for hydroxylation is 4. The zero-order valence-corrected chi connectivity index (χ0v) is 18.6. The zero-order valence-electron chi connectivity index (χ0n) is 17.8. The molecule has 1 aromatic carbocycles. The first-order chi connectivity index (χ1) is 13.4. The Kier molecular flexibility index (Phi) is 7.02. The Morgan fingerprint density at radius 2 is 1.62 bits per heavy atom. The van der Waals surface area contributed by atoms with Crippen molar-refractivity contribution < 1.29 is 22.7 Å². The van der Waals surface area contributed by atoms with E-state index >= 15 is 0 Å². The van der Waals surface area contributed by atoms with Crippen molar-refractivity contribution in [3.8, 4) is 0 Å². The molecule has 1 N–H and O–H groups in total. The van der Waals surface area contributed by atoms with Crippen LogP contribution < -0.4 is 4.72 Å². The summed E-state index contributed by atoms with van der Waals surface area (Å²) >= 11 is 0. The highest BCUT2D eigenvalue weighted by Crippen LogP contribution is 2.21. The molecule has 1 heterocycles. The van der Waals surface area contributed by atoms with Gasteiger partial charge < -0.3 is 9.30 Å². The fourth-order valence-electron chi connectivity index (χ4n) is 3.38. The van der Waals surface area contributed by atoms with E-state index in [0.29, 0.717) is 16.7 Å². The van der Waals surface area contributed by atoms with Crippen LogP contribution in [-0.4, -0.2) is 37.9 Å². The number of benzene rings is 1. The van der Waals surface area contributed by atoms with E-state index in [0.717, 1.165) is 17.0 Å². The highest BCUT2D eigenvalue weighted by molar-refractivity contribution is 7.89. The van der Waals surface area contributed by atoms with Crippen LogP contribution in [0.25, 0.3) is 0 Å². The van der Waals surface area contributed by atoms with Gasteiger partial charge in [0.25, 0.3) is 0 Å². The number of nitrogens with zero attached hydrogens (tertiary/aromatic N) is 1. The number of hydrogen-bond donors (Lipinski definition) is 1. The molecule has 0 bridgehead atoms. The van der Waals surface area contributed by atoms with Crippen LogP contribution in [0.5, 0.6) is 0 Å². The van der Waals surface area contributed by atoms with Crippen LogP contribution in [0.15, 0.2) is 23.1 Å². The Morgan fingerprint density at radius 1 is 1.03 bits per heavy atom. The van der Waals surface area contributed by atoms with Crippen LogP contribution in [0, 0.1) is 34.6 Å². The number of ether oxygens (including phenoxy) is 1. The highest BCUT2D eigenvalue weighted by atomic mass is 32.2. The second-order valence-corrected chi connectivity index (χ2v) is 9.01. The molecule has 0 aliphatic heterocycles. The van der Waals surface area contributed by atoms with E-state index in [-0.39, 0.29) is 30.3 Å². The number of ketones is 1. The second kappa shape index (κ2) is 8.92. The minimum absolute atomic E-state index is 0.106. The van der Waals surface area contributed by atoms with Crippen LogP contribution >= 0.6 is 0 Å². The van der Waals surface area contributed by atoms with Gasteiger partial charge in [-0.05, 0) is 51.8 Å². The monoisotopic (exact) mass is 420 g/mol. The van der Waals surface area contributed by atoms with Gasteiger partial charge in [-0.2, -0.15) is 0 Å². The van der Waals surface area contributed by atoms with Crippen LogP contribution in [0.3, 0.4) is 0 Å². The summed E-state index contributed by atoms with van der Waals surface area (Å²) in [5.41, 5.74) is 4.54. The summed E-state index contributed by atoms with van der Waals surface area (Å²) in [5.74, 6) is -0.922. The van der Waals surface area contributed by atoms with Gasteiger partial charge in [-0.3, -0.25) is 9.59 Å². The molecule has 2 rings (SSSR count). The molecule has 0 fully saturated rings. The van der Waals surface area contributed by atoms with Gasteiger partial charge in [0.1, 0.15) is 0 Å². The molecule has 29 heavy (non-hydrogen) atoms. The van der Waals surface area contributed by atoms with Crippen LogP contribution in [-0.2, 0) is 26.6 Å². The van der Waals surface area contributed by atoms with Crippen molar-refractivity contribution >= 4 is 21.8 Å². The summed E-state index contributed by atoms with van der Waals surface area (Å²) in [4.78, 5) is 24.4. The summed E-state index contributed by atoms with van der Waals surface area (Å²) < 4.78 is 34.5. The van der Waals surface area contributed by atoms with Crippen molar-refractivity contribution in [2.45, 2.75) is 45.9 Å². The summed E-state index contributed by atoms with van der Waals surface area (Å²) in [6.07, 6.45) is -0.163. The molecule has 0 amide bonds. The van der Waals surface area contributed by atoms with Gasteiger partial charge in [-0.25, -0.2) is 13.1 Å². The molecular formula is C21H28N2O5S. The van der Waals surface area contributed by atoms with E-state index in [9.17, 15) is 18.0 Å². The van der Waals surface area contributed by atoms with Crippen molar-refractivity contribution in [2.24, 2.45) is 7.05 Å². The molecule has 158 valence electrons. The standard InChI is InChI=1S/C21H28N2O5S/c1-13-9-14(2)21(15(3)10-13)29(26,27)22-8-7-20(25)28-12-19(24)18-11-16(4)23(6)17(18)5/h9-11,22H,7-8,12H2,1-6H3. The average Bonchev–Trinajstić information content (AvgIpc) is 2.85. The predicted octanol–water partition coefficient (Wildman–Crippen LogP) is 2.66. The maximum Gasteiger partial charge on any atom is 0.307 e. The molecule has 0 atom stereocenters. The number of carbonyl (C=O) groups is 2. The molecule has 8 heteroatoms. The summed E-state index contributed by atoms with van der Waals surface area (Å²) in [6, 6.07) is 5.36. The van der Waals surface area contributed by atoms with Gasteiger partial charge in [0.15, 0.2) is 6.61 Å². The third-order valence-electron chi connectivity index (χ3n) is 4.93.